The second-order valence-electron chi connectivity index (χ2n) is 8.03. The van der Waals surface area contributed by atoms with Crippen molar-refractivity contribution in [3.05, 3.63) is 102 Å². The van der Waals surface area contributed by atoms with Crippen molar-refractivity contribution in [2.24, 2.45) is 0 Å². The quantitative estimate of drug-likeness (QED) is 0.577. The van der Waals surface area contributed by atoms with E-state index in [0.29, 0.717) is 6.54 Å². The SMILES string of the molecule is COc1ccc([C@H](CNC(=O)C(c2ccccc2)c2ccccc2)N2CCCC2)cc1. The number of amides is 1. The third-order valence-corrected chi connectivity index (χ3v) is 6.08. The second-order valence-corrected chi connectivity index (χ2v) is 8.03. The standard InChI is InChI=1S/C27H30N2O2/c1-31-24-16-14-21(15-17-24)25(29-18-8-9-19-29)20-28-27(30)26(22-10-4-2-5-11-22)23-12-6-3-7-13-23/h2-7,10-17,25-26H,8-9,18-20H2,1H3,(H,28,30)/t25-/m0/s1. The summed E-state index contributed by atoms with van der Waals surface area (Å²) >= 11 is 0. The largest absolute Gasteiger partial charge is 0.497 e. The van der Waals surface area contributed by atoms with Crippen molar-refractivity contribution in [1.29, 1.82) is 0 Å². The Morgan fingerprint density at radius 1 is 0.839 bits per heavy atom. The molecule has 1 heterocycles. The number of hydrogen-bond donors (Lipinski definition) is 1. The van der Waals surface area contributed by atoms with Crippen molar-refractivity contribution in [3.63, 3.8) is 0 Å². The molecule has 31 heavy (non-hydrogen) atoms. The Bertz CT molecular complexity index is 912. The summed E-state index contributed by atoms with van der Waals surface area (Å²) in [5.74, 6) is 0.564. The maximum atomic E-state index is 13.4. The molecular formula is C27H30N2O2. The first-order valence-corrected chi connectivity index (χ1v) is 11.0. The molecule has 1 fully saturated rings. The third kappa shape index (κ3) is 5.15. The van der Waals surface area contributed by atoms with E-state index in [-0.39, 0.29) is 17.9 Å². The zero-order valence-electron chi connectivity index (χ0n) is 18.0. The van der Waals surface area contributed by atoms with Gasteiger partial charge in [-0.05, 0) is 54.8 Å². The highest BCUT2D eigenvalue weighted by atomic mass is 16.5. The fourth-order valence-corrected chi connectivity index (χ4v) is 4.42. The van der Waals surface area contributed by atoms with Crippen LogP contribution in [0.5, 0.6) is 5.75 Å². The number of nitrogens with zero attached hydrogens (tertiary/aromatic N) is 1. The van der Waals surface area contributed by atoms with Crippen LogP contribution in [-0.2, 0) is 4.79 Å². The lowest BCUT2D eigenvalue weighted by Crippen LogP contribution is -2.39. The summed E-state index contributed by atoms with van der Waals surface area (Å²) in [5.41, 5.74) is 3.22. The van der Waals surface area contributed by atoms with Crippen molar-refractivity contribution in [1.82, 2.24) is 10.2 Å². The zero-order valence-corrected chi connectivity index (χ0v) is 18.0. The number of carbonyl (C=O) groups is 1. The van der Waals surface area contributed by atoms with Crippen molar-refractivity contribution >= 4 is 5.91 Å². The minimum atomic E-state index is -0.322. The van der Waals surface area contributed by atoms with Gasteiger partial charge in [0.2, 0.25) is 5.91 Å². The molecule has 160 valence electrons. The average Bonchev–Trinajstić information content (AvgIpc) is 3.36. The Morgan fingerprint density at radius 3 is 1.90 bits per heavy atom. The molecule has 0 unspecified atom stereocenters. The molecule has 1 saturated heterocycles. The minimum Gasteiger partial charge on any atom is -0.497 e. The Kier molecular flexibility index (Phi) is 7.00. The van der Waals surface area contributed by atoms with Crippen molar-refractivity contribution < 1.29 is 9.53 Å². The Hall–Kier alpha value is -3.11. The van der Waals surface area contributed by atoms with E-state index in [4.69, 9.17) is 4.74 Å². The molecule has 4 rings (SSSR count). The summed E-state index contributed by atoms with van der Waals surface area (Å²) in [4.78, 5) is 15.9. The molecule has 0 aromatic heterocycles. The summed E-state index contributed by atoms with van der Waals surface area (Å²) in [7, 11) is 1.68. The van der Waals surface area contributed by atoms with Crippen LogP contribution in [0.25, 0.3) is 0 Å². The highest BCUT2D eigenvalue weighted by Gasteiger charge is 2.27. The molecule has 4 heteroatoms. The summed E-state index contributed by atoms with van der Waals surface area (Å²) in [6, 6.07) is 28.4. The van der Waals surface area contributed by atoms with Gasteiger partial charge in [0, 0.05) is 6.54 Å². The molecule has 1 N–H and O–H groups in total. The monoisotopic (exact) mass is 414 g/mol. The normalized spacial score (nSPS) is 15.0. The van der Waals surface area contributed by atoms with E-state index in [0.717, 1.165) is 30.0 Å². The number of carbonyl (C=O) groups excluding carboxylic acids is 1. The topological polar surface area (TPSA) is 41.6 Å². The molecule has 1 amide bonds. The fraction of sp³-hybridized carbons (Fsp3) is 0.296. The smallest absolute Gasteiger partial charge is 0.232 e. The van der Waals surface area contributed by atoms with Gasteiger partial charge in [-0.15, -0.1) is 0 Å². The molecule has 3 aromatic rings. The summed E-state index contributed by atoms with van der Waals surface area (Å²) in [6.45, 7) is 2.71. The van der Waals surface area contributed by atoms with E-state index in [9.17, 15) is 4.79 Å². The molecule has 0 aliphatic carbocycles. The zero-order chi connectivity index (χ0) is 21.5. The first kappa shape index (κ1) is 21.1. The Balaban J connectivity index is 1.55. The van der Waals surface area contributed by atoms with Crippen LogP contribution in [0.1, 0.15) is 41.5 Å². The highest BCUT2D eigenvalue weighted by molar-refractivity contribution is 5.87. The summed E-state index contributed by atoms with van der Waals surface area (Å²) < 4.78 is 5.32. The minimum absolute atomic E-state index is 0.0371. The molecule has 4 nitrogen and oxygen atoms in total. The van der Waals surface area contributed by atoms with Gasteiger partial charge in [-0.25, -0.2) is 0 Å². The number of ether oxygens (including phenoxy) is 1. The average molecular weight is 415 g/mol. The van der Waals surface area contributed by atoms with E-state index in [1.165, 1.54) is 18.4 Å². The molecular weight excluding hydrogens is 384 g/mol. The van der Waals surface area contributed by atoms with E-state index in [1.54, 1.807) is 7.11 Å². The number of likely N-dealkylation sites (tertiary alicyclic amines) is 1. The molecule has 0 radical (unpaired) electrons. The number of benzene rings is 3. The van der Waals surface area contributed by atoms with Crippen LogP contribution in [0.4, 0.5) is 0 Å². The lowest BCUT2D eigenvalue weighted by Gasteiger charge is -2.29. The van der Waals surface area contributed by atoms with Crippen molar-refractivity contribution in [3.8, 4) is 5.75 Å². The van der Waals surface area contributed by atoms with Crippen LogP contribution >= 0.6 is 0 Å². The molecule has 0 bridgehead atoms. The number of nitrogens with one attached hydrogen (secondary N) is 1. The van der Waals surface area contributed by atoms with Crippen LogP contribution in [0, 0.1) is 0 Å². The van der Waals surface area contributed by atoms with Gasteiger partial charge in [-0.3, -0.25) is 9.69 Å². The predicted molar refractivity (Wildman–Crippen MR) is 124 cm³/mol. The Labute approximate surface area is 184 Å². The lowest BCUT2D eigenvalue weighted by atomic mass is 9.90. The van der Waals surface area contributed by atoms with Crippen LogP contribution in [0.15, 0.2) is 84.9 Å². The van der Waals surface area contributed by atoms with E-state index in [1.807, 2.05) is 72.8 Å². The van der Waals surface area contributed by atoms with Gasteiger partial charge >= 0.3 is 0 Å². The van der Waals surface area contributed by atoms with Gasteiger partial charge in [0.15, 0.2) is 0 Å². The van der Waals surface area contributed by atoms with Gasteiger partial charge < -0.3 is 10.1 Å². The number of hydrogen-bond acceptors (Lipinski definition) is 3. The van der Waals surface area contributed by atoms with Gasteiger partial charge in [0.25, 0.3) is 0 Å². The van der Waals surface area contributed by atoms with Crippen LogP contribution < -0.4 is 10.1 Å². The van der Waals surface area contributed by atoms with Gasteiger partial charge in [0.1, 0.15) is 5.75 Å². The van der Waals surface area contributed by atoms with Crippen molar-refractivity contribution in [2.75, 3.05) is 26.7 Å². The highest BCUT2D eigenvalue weighted by Crippen LogP contribution is 2.28. The van der Waals surface area contributed by atoms with Gasteiger partial charge in [0.05, 0.1) is 19.1 Å². The van der Waals surface area contributed by atoms with Crippen LogP contribution in [0.2, 0.25) is 0 Å². The molecule has 0 spiro atoms. The van der Waals surface area contributed by atoms with E-state index < -0.39 is 0 Å². The summed E-state index contributed by atoms with van der Waals surface area (Å²) in [5, 5.41) is 3.27. The third-order valence-electron chi connectivity index (χ3n) is 6.08. The van der Waals surface area contributed by atoms with Gasteiger partial charge in [-0.2, -0.15) is 0 Å². The first-order valence-electron chi connectivity index (χ1n) is 11.0. The maximum absolute atomic E-state index is 13.4. The first-order chi connectivity index (χ1) is 15.3. The second kappa shape index (κ2) is 10.3. The molecule has 1 aliphatic rings. The predicted octanol–water partition coefficient (Wildman–Crippen LogP) is 4.78. The van der Waals surface area contributed by atoms with Crippen molar-refractivity contribution in [2.45, 2.75) is 24.8 Å². The van der Waals surface area contributed by atoms with Crippen LogP contribution in [-0.4, -0.2) is 37.6 Å². The fourth-order valence-electron chi connectivity index (χ4n) is 4.42. The molecule has 0 saturated carbocycles. The molecule has 1 aliphatic heterocycles. The molecule has 1 atom stereocenters. The maximum Gasteiger partial charge on any atom is 0.232 e. The van der Waals surface area contributed by atoms with Gasteiger partial charge in [-0.1, -0.05) is 72.8 Å². The number of methoxy groups -OCH3 is 1. The summed E-state index contributed by atoms with van der Waals surface area (Å²) in [6.07, 6.45) is 2.41. The van der Waals surface area contributed by atoms with Crippen LogP contribution in [0.3, 0.4) is 0 Å². The lowest BCUT2D eigenvalue weighted by molar-refractivity contribution is -0.121. The van der Waals surface area contributed by atoms with E-state index in [2.05, 4.69) is 22.3 Å². The van der Waals surface area contributed by atoms with E-state index >= 15 is 0 Å². The number of rotatable bonds is 8. The molecule has 3 aromatic carbocycles. The Morgan fingerprint density at radius 2 is 1.39 bits per heavy atom.